The zero-order valence-corrected chi connectivity index (χ0v) is 10.8. The van der Waals surface area contributed by atoms with Crippen molar-refractivity contribution in [2.75, 3.05) is 5.32 Å². The number of para-hydroxylation sites is 1. The largest absolute Gasteiger partial charge is 0.363 e. The van der Waals surface area contributed by atoms with Gasteiger partial charge < -0.3 is 10.7 Å². The number of nitrogens with two attached hydrogens (primary N) is 1. The fourth-order valence-electron chi connectivity index (χ4n) is 1.73. The van der Waals surface area contributed by atoms with Crippen LogP contribution in [0.4, 0.5) is 5.13 Å². The number of carbonyl (C=O) groups is 2. The average molecular weight is 288 g/mol. The van der Waals surface area contributed by atoms with E-state index in [-0.39, 0.29) is 11.7 Å². The van der Waals surface area contributed by atoms with Gasteiger partial charge in [0.1, 0.15) is 5.51 Å². The van der Waals surface area contributed by atoms with E-state index in [0.717, 1.165) is 0 Å². The normalized spacial score (nSPS) is 10.6. The molecule has 20 heavy (non-hydrogen) atoms. The number of aromatic amines is 1. The van der Waals surface area contributed by atoms with Crippen LogP contribution < -0.4 is 11.1 Å². The van der Waals surface area contributed by atoms with Crippen LogP contribution in [0.25, 0.3) is 11.0 Å². The van der Waals surface area contributed by atoms with Crippen molar-refractivity contribution in [1.29, 1.82) is 0 Å². The second-order valence-corrected chi connectivity index (χ2v) is 4.68. The third kappa shape index (κ3) is 2.10. The van der Waals surface area contributed by atoms with Crippen molar-refractivity contribution < 1.29 is 9.59 Å². The van der Waals surface area contributed by atoms with Gasteiger partial charge in [-0.1, -0.05) is 17.4 Å². The molecule has 0 aliphatic heterocycles. The molecule has 4 N–H and O–H groups in total. The van der Waals surface area contributed by atoms with Crippen molar-refractivity contribution in [3.05, 3.63) is 35.1 Å². The molecule has 0 atom stereocenters. The number of fused-ring (bicyclic) bond motifs is 1. The third-order valence-corrected chi connectivity index (χ3v) is 3.18. The lowest BCUT2D eigenvalue weighted by atomic mass is 10.2. The lowest BCUT2D eigenvalue weighted by Gasteiger charge is -2.01. The first-order chi connectivity index (χ1) is 9.65. The third-order valence-electron chi connectivity index (χ3n) is 2.58. The van der Waals surface area contributed by atoms with Crippen LogP contribution in [0.1, 0.15) is 21.0 Å². The molecule has 0 saturated carbocycles. The molecular weight excluding hydrogens is 280 g/mol. The number of rotatable bonds is 3. The number of carbonyl (C=O) groups excluding carboxylic acids is 2. The van der Waals surface area contributed by atoms with Crippen molar-refractivity contribution in [2.24, 2.45) is 5.73 Å². The summed E-state index contributed by atoms with van der Waals surface area (Å²) in [5, 5.41) is 10.4. The van der Waals surface area contributed by atoms with Gasteiger partial charge in [0.15, 0.2) is 5.82 Å². The number of primary amides is 1. The highest BCUT2D eigenvalue weighted by atomic mass is 32.1. The van der Waals surface area contributed by atoms with Gasteiger partial charge in [-0.3, -0.25) is 14.9 Å². The topological polar surface area (TPSA) is 127 Å². The molecule has 0 aliphatic rings. The first-order valence-electron chi connectivity index (χ1n) is 5.51. The summed E-state index contributed by atoms with van der Waals surface area (Å²) in [6, 6.07) is 4.96. The first kappa shape index (κ1) is 12.2. The molecule has 0 unspecified atom stereocenters. The van der Waals surface area contributed by atoms with E-state index in [1.54, 1.807) is 18.2 Å². The van der Waals surface area contributed by atoms with E-state index in [4.69, 9.17) is 5.73 Å². The predicted octanol–water partition coefficient (Wildman–Crippen LogP) is 0.766. The molecule has 0 bridgehead atoms. The number of hydrogen-bond acceptors (Lipinski definition) is 6. The molecule has 0 radical (unpaired) electrons. The molecule has 3 rings (SSSR count). The van der Waals surface area contributed by atoms with Gasteiger partial charge in [-0.25, -0.2) is 4.98 Å². The van der Waals surface area contributed by atoms with Gasteiger partial charge in [0.25, 0.3) is 11.8 Å². The van der Waals surface area contributed by atoms with Gasteiger partial charge in [0, 0.05) is 0 Å². The lowest BCUT2D eigenvalue weighted by Crippen LogP contribution is -2.13. The molecule has 2 aromatic heterocycles. The zero-order chi connectivity index (χ0) is 14.1. The molecule has 2 heterocycles. The maximum atomic E-state index is 12.2. The molecule has 0 saturated heterocycles. The summed E-state index contributed by atoms with van der Waals surface area (Å²) in [5.74, 6) is -1.04. The summed E-state index contributed by atoms with van der Waals surface area (Å²) < 4.78 is 0. The van der Waals surface area contributed by atoms with Crippen LogP contribution >= 0.6 is 11.3 Å². The van der Waals surface area contributed by atoms with E-state index >= 15 is 0 Å². The molecule has 0 aliphatic carbocycles. The monoisotopic (exact) mass is 288 g/mol. The summed E-state index contributed by atoms with van der Waals surface area (Å²) in [6.45, 7) is 0. The van der Waals surface area contributed by atoms with E-state index in [2.05, 4.69) is 25.5 Å². The molecule has 3 aromatic rings. The Labute approximate surface area is 116 Å². The van der Waals surface area contributed by atoms with Crippen LogP contribution in [0.2, 0.25) is 0 Å². The number of nitrogens with zero attached hydrogens (tertiary/aromatic N) is 3. The highest BCUT2D eigenvalue weighted by molar-refractivity contribution is 7.13. The van der Waals surface area contributed by atoms with E-state index in [9.17, 15) is 9.59 Å². The lowest BCUT2D eigenvalue weighted by molar-refractivity contribution is 0.0989. The SMILES string of the molecule is NC(=O)c1nc2cccc(C(=O)Nc3nncs3)c2[nH]1. The molecule has 0 spiro atoms. The van der Waals surface area contributed by atoms with E-state index < -0.39 is 5.91 Å². The van der Waals surface area contributed by atoms with Gasteiger partial charge in [0.05, 0.1) is 16.6 Å². The standard InChI is InChI=1S/C11H8N6O2S/c12-8(18)9-14-6-3-1-2-5(7(6)15-9)10(19)16-11-17-13-4-20-11/h1-4H,(H2,12,18)(H,14,15)(H,16,17,19). The fourth-order valence-corrected chi connectivity index (χ4v) is 2.17. The van der Waals surface area contributed by atoms with Gasteiger partial charge in [0.2, 0.25) is 5.13 Å². The summed E-state index contributed by atoms with van der Waals surface area (Å²) in [4.78, 5) is 30.1. The quantitative estimate of drug-likeness (QED) is 0.656. The van der Waals surface area contributed by atoms with Gasteiger partial charge in [-0.05, 0) is 12.1 Å². The Balaban J connectivity index is 2.02. The Morgan fingerprint density at radius 1 is 1.35 bits per heavy atom. The van der Waals surface area contributed by atoms with Crippen LogP contribution in [0.5, 0.6) is 0 Å². The number of benzene rings is 1. The summed E-state index contributed by atoms with van der Waals surface area (Å²) in [5.41, 5.74) is 7.96. The average Bonchev–Trinajstić information content (AvgIpc) is 3.05. The molecule has 100 valence electrons. The Hall–Kier alpha value is -2.81. The Bertz CT molecular complexity index is 794. The minimum Gasteiger partial charge on any atom is -0.363 e. The number of aromatic nitrogens is 4. The maximum Gasteiger partial charge on any atom is 0.284 e. The minimum atomic E-state index is -0.684. The predicted molar refractivity (Wildman–Crippen MR) is 72.5 cm³/mol. The molecule has 9 heteroatoms. The second kappa shape index (κ2) is 4.70. The number of amides is 2. The minimum absolute atomic E-state index is 0.0103. The summed E-state index contributed by atoms with van der Waals surface area (Å²) >= 11 is 1.21. The fraction of sp³-hybridized carbons (Fsp3) is 0. The molecule has 1 aromatic carbocycles. The van der Waals surface area contributed by atoms with Crippen LogP contribution in [-0.2, 0) is 0 Å². The van der Waals surface area contributed by atoms with Crippen LogP contribution in [0.3, 0.4) is 0 Å². The van der Waals surface area contributed by atoms with E-state index in [1.165, 1.54) is 16.8 Å². The van der Waals surface area contributed by atoms with E-state index in [1.807, 2.05) is 0 Å². The molecule has 8 nitrogen and oxygen atoms in total. The maximum absolute atomic E-state index is 12.2. The Morgan fingerprint density at radius 2 is 2.20 bits per heavy atom. The van der Waals surface area contributed by atoms with Crippen molar-refractivity contribution in [1.82, 2.24) is 20.2 Å². The number of H-pyrrole nitrogens is 1. The van der Waals surface area contributed by atoms with Crippen molar-refractivity contribution in [3.8, 4) is 0 Å². The zero-order valence-electron chi connectivity index (χ0n) is 9.95. The Morgan fingerprint density at radius 3 is 2.90 bits per heavy atom. The number of nitrogens with one attached hydrogen (secondary N) is 2. The molecule has 2 amide bonds. The Kier molecular flexibility index (Phi) is 2.88. The smallest absolute Gasteiger partial charge is 0.284 e. The van der Waals surface area contributed by atoms with Crippen LogP contribution in [0, 0.1) is 0 Å². The highest BCUT2D eigenvalue weighted by Gasteiger charge is 2.16. The summed E-state index contributed by atoms with van der Waals surface area (Å²) in [7, 11) is 0. The number of hydrogen-bond donors (Lipinski definition) is 3. The van der Waals surface area contributed by atoms with Crippen molar-refractivity contribution in [3.63, 3.8) is 0 Å². The number of imidazole rings is 1. The summed E-state index contributed by atoms with van der Waals surface area (Å²) in [6.07, 6.45) is 0. The molecular formula is C11H8N6O2S. The highest BCUT2D eigenvalue weighted by Crippen LogP contribution is 2.18. The van der Waals surface area contributed by atoms with E-state index in [0.29, 0.717) is 21.7 Å². The van der Waals surface area contributed by atoms with Gasteiger partial charge >= 0.3 is 0 Å². The molecule has 0 fully saturated rings. The van der Waals surface area contributed by atoms with Gasteiger partial charge in [-0.15, -0.1) is 10.2 Å². The van der Waals surface area contributed by atoms with Crippen LogP contribution in [-0.4, -0.2) is 32.0 Å². The van der Waals surface area contributed by atoms with Crippen molar-refractivity contribution >= 4 is 39.3 Å². The van der Waals surface area contributed by atoms with Gasteiger partial charge in [-0.2, -0.15) is 0 Å². The van der Waals surface area contributed by atoms with Crippen molar-refractivity contribution in [2.45, 2.75) is 0 Å². The van der Waals surface area contributed by atoms with Crippen LogP contribution in [0.15, 0.2) is 23.7 Å². The number of anilines is 1. The first-order valence-corrected chi connectivity index (χ1v) is 6.39. The second-order valence-electron chi connectivity index (χ2n) is 3.85.